The number of hydrazine groups is 1. The summed E-state index contributed by atoms with van der Waals surface area (Å²) in [4.78, 5) is 39.5. The van der Waals surface area contributed by atoms with Crippen molar-refractivity contribution in [3.8, 4) is 5.75 Å². The number of fused-ring (bicyclic) bond motifs is 1. The molecule has 4 rings (SSSR count). The third-order valence-corrected chi connectivity index (χ3v) is 7.96. The van der Waals surface area contributed by atoms with Crippen LogP contribution in [0.3, 0.4) is 0 Å². The number of sulfone groups is 1. The fourth-order valence-electron chi connectivity index (χ4n) is 4.37. The predicted molar refractivity (Wildman–Crippen MR) is 135 cm³/mol. The molecule has 39 heavy (non-hydrogen) atoms. The standard InChI is InChI=1S/C25H27F3N4O6S/c1-25(2)13-16-4-3-5-19(20(16)38-25)32(24(35)31-8-10-39(36,37)11-9-31)14-17-7-6-15(12-18(17)26)22(33)29-30-23(34)21(27)28/h3-7,12,21H,8-11,13-14H2,1-2H3,(H,29,33)(H,30,34). The maximum Gasteiger partial charge on any atom is 0.324 e. The van der Waals surface area contributed by atoms with Crippen LogP contribution >= 0.6 is 0 Å². The molecule has 0 atom stereocenters. The largest absolute Gasteiger partial charge is 0.485 e. The molecule has 2 N–H and O–H groups in total. The Hall–Kier alpha value is -3.81. The van der Waals surface area contributed by atoms with Crippen molar-refractivity contribution < 1.29 is 40.7 Å². The first kappa shape index (κ1) is 28.2. The molecule has 210 valence electrons. The summed E-state index contributed by atoms with van der Waals surface area (Å²) in [5, 5.41) is 0. The van der Waals surface area contributed by atoms with Crippen LogP contribution < -0.4 is 20.5 Å². The van der Waals surface area contributed by atoms with Gasteiger partial charge in [-0.25, -0.2) is 17.6 Å². The lowest BCUT2D eigenvalue weighted by Crippen LogP contribution is -2.50. The predicted octanol–water partition coefficient (Wildman–Crippen LogP) is 2.42. The van der Waals surface area contributed by atoms with E-state index in [1.54, 1.807) is 17.6 Å². The van der Waals surface area contributed by atoms with Gasteiger partial charge in [-0.15, -0.1) is 0 Å². The van der Waals surface area contributed by atoms with Crippen molar-refractivity contribution in [1.82, 2.24) is 15.8 Å². The second kappa shape index (κ2) is 10.8. The molecule has 0 saturated carbocycles. The van der Waals surface area contributed by atoms with Crippen molar-refractivity contribution in [3.63, 3.8) is 0 Å². The average molecular weight is 569 g/mol. The average Bonchev–Trinajstić information content (AvgIpc) is 3.20. The minimum absolute atomic E-state index is 0.0228. The van der Waals surface area contributed by atoms with Crippen LogP contribution in [0.5, 0.6) is 5.75 Å². The van der Waals surface area contributed by atoms with Gasteiger partial charge >= 0.3 is 18.4 Å². The van der Waals surface area contributed by atoms with Gasteiger partial charge in [0.25, 0.3) is 5.91 Å². The zero-order chi connectivity index (χ0) is 28.5. The first-order valence-corrected chi connectivity index (χ1v) is 13.8. The van der Waals surface area contributed by atoms with E-state index >= 15 is 4.39 Å². The summed E-state index contributed by atoms with van der Waals surface area (Å²) in [7, 11) is -3.26. The van der Waals surface area contributed by atoms with Gasteiger partial charge in [-0.2, -0.15) is 8.78 Å². The van der Waals surface area contributed by atoms with Crippen molar-refractivity contribution in [1.29, 1.82) is 0 Å². The van der Waals surface area contributed by atoms with E-state index in [0.29, 0.717) is 17.9 Å². The number of alkyl halides is 2. The number of hydrogen-bond donors (Lipinski definition) is 2. The van der Waals surface area contributed by atoms with Crippen LogP contribution in [0.4, 0.5) is 23.7 Å². The minimum atomic E-state index is -3.35. The number of amides is 4. The molecule has 14 heteroatoms. The third-order valence-electron chi connectivity index (χ3n) is 6.35. The number of carbonyl (C=O) groups excluding carboxylic acids is 3. The Labute approximate surface area is 223 Å². The Morgan fingerprint density at radius 2 is 1.79 bits per heavy atom. The molecule has 2 aliphatic rings. The molecule has 0 bridgehead atoms. The zero-order valence-electron chi connectivity index (χ0n) is 21.2. The van der Waals surface area contributed by atoms with Crippen molar-refractivity contribution >= 4 is 33.4 Å². The fraction of sp³-hybridized carbons (Fsp3) is 0.400. The summed E-state index contributed by atoms with van der Waals surface area (Å²) in [6.07, 6.45) is -2.76. The van der Waals surface area contributed by atoms with Gasteiger partial charge in [0.1, 0.15) is 17.2 Å². The van der Waals surface area contributed by atoms with Crippen LogP contribution in [0.25, 0.3) is 0 Å². The lowest BCUT2D eigenvalue weighted by molar-refractivity contribution is -0.132. The first-order valence-electron chi connectivity index (χ1n) is 12.0. The minimum Gasteiger partial charge on any atom is -0.485 e. The number of benzene rings is 2. The zero-order valence-corrected chi connectivity index (χ0v) is 22.0. The number of nitrogens with one attached hydrogen (secondary N) is 2. The van der Waals surface area contributed by atoms with Gasteiger partial charge in [0.05, 0.1) is 23.7 Å². The van der Waals surface area contributed by atoms with E-state index in [-0.39, 0.29) is 42.3 Å². The molecule has 0 aliphatic carbocycles. The van der Waals surface area contributed by atoms with E-state index in [2.05, 4.69) is 0 Å². The lowest BCUT2D eigenvalue weighted by atomic mass is 10.0. The number of ether oxygens (including phenoxy) is 1. The summed E-state index contributed by atoms with van der Waals surface area (Å²) in [5.74, 6) is -3.52. The maximum atomic E-state index is 15.2. The number of rotatable bonds is 5. The lowest BCUT2D eigenvalue weighted by Gasteiger charge is -2.34. The Morgan fingerprint density at radius 1 is 1.10 bits per heavy atom. The number of para-hydroxylation sites is 1. The van der Waals surface area contributed by atoms with Crippen molar-refractivity contribution in [2.75, 3.05) is 29.5 Å². The highest BCUT2D eigenvalue weighted by Crippen LogP contribution is 2.43. The highest BCUT2D eigenvalue weighted by Gasteiger charge is 2.36. The van der Waals surface area contributed by atoms with Crippen LogP contribution in [-0.2, 0) is 27.6 Å². The van der Waals surface area contributed by atoms with Crippen LogP contribution in [0.1, 0.15) is 35.3 Å². The molecule has 2 aromatic rings. The van der Waals surface area contributed by atoms with Gasteiger partial charge in [-0.05, 0) is 32.0 Å². The smallest absolute Gasteiger partial charge is 0.324 e. The topological polar surface area (TPSA) is 125 Å². The molecule has 0 spiro atoms. The summed E-state index contributed by atoms with van der Waals surface area (Å²) in [5.41, 5.74) is 3.78. The number of nitrogens with zero attached hydrogens (tertiary/aromatic N) is 2. The Bertz CT molecular complexity index is 1400. The van der Waals surface area contributed by atoms with Gasteiger partial charge in [0.2, 0.25) is 0 Å². The van der Waals surface area contributed by atoms with Gasteiger partial charge in [-0.3, -0.25) is 25.3 Å². The Kier molecular flexibility index (Phi) is 7.77. The molecular weight excluding hydrogens is 541 g/mol. The van der Waals surface area contributed by atoms with Gasteiger partial charge in [-0.1, -0.05) is 18.2 Å². The fourth-order valence-corrected chi connectivity index (χ4v) is 5.58. The highest BCUT2D eigenvalue weighted by atomic mass is 32.2. The van der Waals surface area contributed by atoms with E-state index in [9.17, 15) is 31.6 Å². The molecular formula is C25H27F3N4O6S. The van der Waals surface area contributed by atoms with E-state index in [0.717, 1.165) is 11.6 Å². The van der Waals surface area contributed by atoms with E-state index in [1.807, 2.05) is 19.9 Å². The molecule has 0 unspecified atom stereocenters. The molecule has 2 aromatic carbocycles. The highest BCUT2D eigenvalue weighted by molar-refractivity contribution is 7.91. The van der Waals surface area contributed by atoms with E-state index in [4.69, 9.17) is 4.74 Å². The van der Waals surface area contributed by atoms with Crippen LogP contribution in [0.2, 0.25) is 0 Å². The summed E-state index contributed by atoms with van der Waals surface area (Å²) in [6.45, 7) is 3.46. The summed E-state index contributed by atoms with van der Waals surface area (Å²) >= 11 is 0. The van der Waals surface area contributed by atoms with E-state index in [1.165, 1.54) is 27.4 Å². The second-order valence-electron chi connectivity index (χ2n) is 9.86. The number of halogens is 3. The summed E-state index contributed by atoms with van der Waals surface area (Å²) < 4.78 is 69.8. The monoisotopic (exact) mass is 568 g/mol. The van der Waals surface area contributed by atoms with E-state index < -0.39 is 45.5 Å². The second-order valence-corrected chi connectivity index (χ2v) is 12.2. The first-order chi connectivity index (χ1) is 18.3. The number of urea groups is 1. The molecule has 0 aromatic heterocycles. The molecule has 1 saturated heterocycles. The van der Waals surface area contributed by atoms with Crippen LogP contribution in [0.15, 0.2) is 36.4 Å². The molecule has 2 aliphatic heterocycles. The molecule has 10 nitrogen and oxygen atoms in total. The number of carbonyl (C=O) groups is 3. The van der Waals surface area contributed by atoms with Crippen molar-refractivity contribution in [2.24, 2.45) is 0 Å². The van der Waals surface area contributed by atoms with Crippen LogP contribution in [-0.4, -0.2) is 67.8 Å². The van der Waals surface area contributed by atoms with Gasteiger partial charge in [0.15, 0.2) is 9.84 Å². The Balaban J connectivity index is 1.62. The van der Waals surface area contributed by atoms with Gasteiger partial charge < -0.3 is 9.64 Å². The van der Waals surface area contributed by atoms with Gasteiger partial charge in [0, 0.05) is 36.2 Å². The molecule has 2 heterocycles. The molecule has 0 radical (unpaired) electrons. The van der Waals surface area contributed by atoms with Crippen molar-refractivity contribution in [3.05, 3.63) is 58.9 Å². The maximum absolute atomic E-state index is 15.2. The Morgan fingerprint density at radius 3 is 2.44 bits per heavy atom. The molecule has 1 fully saturated rings. The van der Waals surface area contributed by atoms with Crippen LogP contribution in [0, 0.1) is 5.82 Å². The normalized spacial score (nSPS) is 17.2. The third kappa shape index (κ3) is 6.44. The quantitative estimate of drug-likeness (QED) is 0.534. The molecule has 4 amide bonds. The number of hydrogen-bond acceptors (Lipinski definition) is 6. The summed E-state index contributed by atoms with van der Waals surface area (Å²) in [6, 6.07) is 8.06. The van der Waals surface area contributed by atoms with Crippen molar-refractivity contribution in [2.45, 2.75) is 38.8 Å². The number of anilines is 1. The SMILES string of the molecule is CC1(C)Cc2cccc(N(Cc3ccc(C(=O)NNC(=O)C(F)F)cc3F)C(=O)N3CCS(=O)(=O)CC3)c2O1.